The van der Waals surface area contributed by atoms with Crippen LogP contribution in [0.5, 0.6) is 0 Å². The van der Waals surface area contributed by atoms with Crippen LogP contribution in [-0.4, -0.2) is 5.91 Å². The van der Waals surface area contributed by atoms with Crippen LogP contribution < -0.4 is 11.1 Å². The quantitative estimate of drug-likeness (QED) is 0.493. The topological polar surface area (TPSA) is 55.1 Å². The number of carbonyl (C=O) groups is 1. The molecule has 22 heavy (non-hydrogen) atoms. The Labute approximate surface area is 124 Å². The van der Waals surface area contributed by atoms with Gasteiger partial charge in [-0.25, -0.2) is 17.6 Å². The van der Waals surface area contributed by atoms with Gasteiger partial charge in [-0.05, 0) is 25.5 Å². The molecule has 1 amide bonds. The molecule has 0 bridgehead atoms. The van der Waals surface area contributed by atoms with Gasteiger partial charge in [-0.2, -0.15) is 0 Å². The number of nitrogens with one attached hydrogen (secondary N) is 1. The van der Waals surface area contributed by atoms with Crippen LogP contribution in [0.4, 0.5) is 23.2 Å². The molecule has 7 heteroatoms. The van der Waals surface area contributed by atoms with Crippen molar-refractivity contribution < 1.29 is 22.4 Å². The number of benzene rings is 1. The van der Waals surface area contributed by atoms with Crippen molar-refractivity contribution in [1.29, 1.82) is 0 Å². The van der Waals surface area contributed by atoms with Crippen LogP contribution in [0.15, 0.2) is 36.1 Å². The van der Waals surface area contributed by atoms with E-state index in [0.717, 1.165) is 0 Å². The molecule has 0 aliphatic heterocycles. The number of amides is 1. The predicted octanol–water partition coefficient (Wildman–Crippen LogP) is 3.79. The van der Waals surface area contributed by atoms with Crippen molar-refractivity contribution in [2.75, 3.05) is 5.32 Å². The first-order valence-corrected chi connectivity index (χ1v) is 6.14. The summed E-state index contributed by atoms with van der Waals surface area (Å²) in [7, 11) is 0. The summed E-state index contributed by atoms with van der Waals surface area (Å²) in [5.41, 5.74) is 3.03. The summed E-state index contributed by atoms with van der Waals surface area (Å²) in [5, 5.41) is 2.23. The third-order valence-corrected chi connectivity index (χ3v) is 2.80. The van der Waals surface area contributed by atoms with Crippen LogP contribution in [-0.2, 0) is 0 Å². The van der Waals surface area contributed by atoms with Crippen LogP contribution in [0.3, 0.4) is 0 Å². The Morgan fingerprint density at radius 2 is 1.64 bits per heavy atom. The average Bonchev–Trinajstić information content (AvgIpc) is 2.47. The van der Waals surface area contributed by atoms with Crippen LogP contribution >= 0.6 is 0 Å². The maximum absolute atomic E-state index is 13.9. The maximum Gasteiger partial charge on any atom is 0.254 e. The standard InChI is InChI=1S/C15H14F4N2O/c1-4-7(3)6-8(5-2)21-14-12(18)10(16)9(15(20)22)11(17)13(14)19/h4-6,21H,1H2,2-3H3,(H2,20,22)/b7-6-,8-5+. The molecule has 118 valence electrons. The molecule has 1 aromatic carbocycles. The van der Waals surface area contributed by atoms with E-state index in [2.05, 4.69) is 11.9 Å². The van der Waals surface area contributed by atoms with Gasteiger partial charge in [-0.3, -0.25) is 4.79 Å². The Balaban J connectivity index is 3.45. The van der Waals surface area contributed by atoms with Gasteiger partial charge in [0.05, 0.1) is 0 Å². The Hall–Kier alpha value is -2.57. The first-order valence-electron chi connectivity index (χ1n) is 6.14. The average molecular weight is 314 g/mol. The van der Waals surface area contributed by atoms with E-state index in [1.165, 1.54) is 18.2 Å². The first kappa shape index (κ1) is 17.5. The number of allylic oxidation sites excluding steroid dienone is 4. The zero-order valence-corrected chi connectivity index (χ0v) is 11.9. The second-order valence-electron chi connectivity index (χ2n) is 4.33. The summed E-state index contributed by atoms with van der Waals surface area (Å²) in [5.74, 6) is -8.79. The second-order valence-corrected chi connectivity index (χ2v) is 4.33. The second kappa shape index (κ2) is 6.93. The van der Waals surface area contributed by atoms with Gasteiger partial charge in [0, 0.05) is 5.70 Å². The highest BCUT2D eigenvalue weighted by molar-refractivity contribution is 5.94. The molecule has 0 aliphatic carbocycles. The van der Waals surface area contributed by atoms with Gasteiger partial charge in [-0.1, -0.05) is 18.7 Å². The number of primary amides is 1. The van der Waals surface area contributed by atoms with Crippen LogP contribution in [0, 0.1) is 23.3 Å². The van der Waals surface area contributed by atoms with E-state index >= 15 is 0 Å². The van der Waals surface area contributed by atoms with E-state index in [0.29, 0.717) is 5.57 Å². The number of hydrogen-bond donors (Lipinski definition) is 2. The van der Waals surface area contributed by atoms with E-state index in [9.17, 15) is 22.4 Å². The normalized spacial score (nSPS) is 12.3. The largest absolute Gasteiger partial charge is 0.365 e. The van der Waals surface area contributed by atoms with Gasteiger partial charge in [0.1, 0.15) is 11.3 Å². The summed E-state index contributed by atoms with van der Waals surface area (Å²) in [6.07, 6.45) is 4.38. The van der Waals surface area contributed by atoms with Crippen molar-refractivity contribution in [3.05, 3.63) is 64.9 Å². The number of carbonyl (C=O) groups excluding carboxylic acids is 1. The molecular weight excluding hydrogens is 300 g/mol. The highest BCUT2D eigenvalue weighted by atomic mass is 19.2. The minimum Gasteiger partial charge on any atom is -0.365 e. The molecule has 0 spiro atoms. The van der Waals surface area contributed by atoms with Gasteiger partial charge in [0.15, 0.2) is 23.3 Å². The zero-order valence-electron chi connectivity index (χ0n) is 11.9. The van der Waals surface area contributed by atoms with E-state index in [-0.39, 0.29) is 5.70 Å². The summed E-state index contributed by atoms with van der Waals surface area (Å²) >= 11 is 0. The highest BCUT2D eigenvalue weighted by Gasteiger charge is 2.28. The molecule has 0 radical (unpaired) electrons. The number of rotatable bonds is 5. The predicted molar refractivity (Wildman–Crippen MR) is 76.1 cm³/mol. The monoisotopic (exact) mass is 314 g/mol. The molecule has 0 heterocycles. The molecule has 1 rings (SSSR count). The SMILES string of the molecule is C=C/C(C)=C\C(=C/C)Nc1c(F)c(F)c(C(N)=O)c(F)c1F. The van der Waals surface area contributed by atoms with Crippen molar-refractivity contribution in [3.8, 4) is 0 Å². The maximum atomic E-state index is 13.9. The van der Waals surface area contributed by atoms with E-state index in [4.69, 9.17) is 5.73 Å². The van der Waals surface area contributed by atoms with Gasteiger partial charge in [0.25, 0.3) is 5.91 Å². The lowest BCUT2D eigenvalue weighted by molar-refractivity contribution is 0.0990. The summed E-state index contributed by atoms with van der Waals surface area (Å²) in [6.45, 7) is 6.73. The van der Waals surface area contributed by atoms with E-state index < -0.39 is 40.4 Å². The molecule has 0 aliphatic rings. The van der Waals surface area contributed by atoms with Gasteiger partial charge in [0.2, 0.25) is 0 Å². The fourth-order valence-electron chi connectivity index (χ4n) is 1.60. The molecule has 0 saturated carbocycles. The summed E-state index contributed by atoms with van der Waals surface area (Å²) < 4.78 is 55.0. The minimum absolute atomic E-state index is 0.181. The van der Waals surface area contributed by atoms with Crippen molar-refractivity contribution in [2.24, 2.45) is 5.73 Å². The van der Waals surface area contributed by atoms with Crippen molar-refractivity contribution in [1.82, 2.24) is 0 Å². The third kappa shape index (κ3) is 3.36. The van der Waals surface area contributed by atoms with E-state index in [1.54, 1.807) is 13.8 Å². The first-order chi connectivity index (χ1) is 10.2. The molecule has 1 aromatic rings. The van der Waals surface area contributed by atoms with Crippen LogP contribution in [0.2, 0.25) is 0 Å². The Morgan fingerprint density at radius 3 is 2.00 bits per heavy atom. The third-order valence-electron chi connectivity index (χ3n) is 2.80. The van der Waals surface area contributed by atoms with Crippen molar-refractivity contribution in [3.63, 3.8) is 0 Å². The highest BCUT2D eigenvalue weighted by Crippen LogP contribution is 2.29. The Kier molecular flexibility index (Phi) is 5.50. The molecule has 0 atom stereocenters. The smallest absolute Gasteiger partial charge is 0.254 e. The Morgan fingerprint density at radius 1 is 1.14 bits per heavy atom. The van der Waals surface area contributed by atoms with Gasteiger partial charge < -0.3 is 11.1 Å². The molecule has 0 aromatic heterocycles. The van der Waals surface area contributed by atoms with E-state index in [1.807, 2.05) is 0 Å². The number of halogens is 4. The van der Waals surface area contributed by atoms with Crippen LogP contribution in [0.25, 0.3) is 0 Å². The number of nitrogens with two attached hydrogens (primary N) is 1. The number of hydrogen-bond acceptors (Lipinski definition) is 2. The molecule has 3 nitrogen and oxygen atoms in total. The molecule has 0 fully saturated rings. The lowest BCUT2D eigenvalue weighted by Gasteiger charge is -2.13. The fourth-order valence-corrected chi connectivity index (χ4v) is 1.60. The molecule has 0 saturated heterocycles. The van der Waals surface area contributed by atoms with Crippen LogP contribution in [0.1, 0.15) is 24.2 Å². The molecule has 0 unspecified atom stereocenters. The van der Waals surface area contributed by atoms with Gasteiger partial charge >= 0.3 is 0 Å². The van der Waals surface area contributed by atoms with Gasteiger partial charge in [-0.15, -0.1) is 0 Å². The van der Waals surface area contributed by atoms with Crippen molar-refractivity contribution >= 4 is 11.6 Å². The summed E-state index contributed by atoms with van der Waals surface area (Å²) in [6, 6.07) is 0. The summed E-state index contributed by atoms with van der Waals surface area (Å²) in [4.78, 5) is 10.9. The molecule has 3 N–H and O–H groups in total. The van der Waals surface area contributed by atoms with Crippen molar-refractivity contribution in [2.45, 2.75) is 13.8 Å². The Bertz CT molecular complexity index is 664. The zero-order chi connectivity index (χ0) is 17.0. The number of anilines is 1. The fraction of sp³-hybridized carbons (Fsp3) is 0.133. The molecular formula is C15H14F4N2O. The lowest BCUT2D eigenvalue weighted by atomic mass is 10.1. The lowest BCUT2D eigenvalue weighted by Crippen LogP contribution is -2.19. The minimum atomic E-state index is -1.85.